The van der Waals surface area contributed by atoms with Crippen molar-refractivity contribution in [3.05, 3.63) is 35.6 Å². The Morgan fingerprint density at radius 2 is 2.05 bits per heavy atom. The number of hydrogen-bond acceptors (Lipinski definition) is 3. The molecule has 0 spiro atoms. The molecule has 1 aromatic rings. The highest BCUT2D eigenvalue weighted by Crippen LogP contribution is 2.17. The smallest absolute Gasteiger partial charge is 0.123 e. The maximum atomic E-state index is 13.3. The third-order valence-corrected chi connectivity index (χ3v) is 2.99. The van der Waals surface area contributed by atoms with Gasteiger partial charge in [-0.25, -0.2) is 4.39 Å². The lowest BCUT2D eigenvalue weighted by Gasteiger charge is -2.19. The van der Waals surface area contributed by atoms with Crippen LogP contribution in [-0.2, 0) is 9.47 Å². The molecule has 3 nitrogen and oxygen atoms in total. The predicted molar refractivity (Wildman–Crippen MR) is 79.4 cm³/mol. The number of hydrogen-bond donors (Lipinski definition) is 1. The van der Waals surface area contributed by atoms with Crippen molar-refractivity contribution in [2.75, 3.05) is 32.9 Å². The summed E-state index contributed by atoms with van der Waals surface area (Å²) in [6.07, 6.45) is 2.07. The Labute approximate surface area is 121 Å². The summed E-state index contributed by atoms with van der Waals surface area (Å²) in [5.41, 5.74) is 0.861. The number of unbranched alkanes of at least 4 members (excludes halogenated alkanes) is 1. The summed E-state index contributed by atoms with van der Waals surface area (Å²) in [6, 6.07) is 6.58. The van der Waals surface area contributed by atoms with Gasteiger partial charge in [-0.1, -0.05) is 32.4 Å². The number of likely N-dealkylation sites (N-methyl/N-ethyl adjacent to an activating group) is 1. The molecule has 0 saturated carbocycles. The third kappa shape index (κ3) is 6.98. The summed E-state index contributed by atoms with van der Waals surface area (Å²) in [5, 5.41) is 3.24. The third-order valence-electron chi connectivity index (χ3n) is 2.99. The quantitative estimate of drug-likeness (QED) is 0.632. The second kappa shape index (κ2) is 10.8. The van der Waals surface area contributed by atoms with Crippen LogP contribution in [0.3, 0.4) is 0 Å². The molecule has 0 aliphatic carbocycles. The van der Waals surface area contributed by atoms with E-state index >= 15 is 0 Å². The first-order valence-electron chi connectivity index (χ1n) is 7.43. The van der Waals surface area contributed by atoms with Crippen molar-refractivity contribution in [1.29, 1.82) is 0 Å². The van der Waals surface area contributed by atoms with Crippen LogP contribution in [0.25, 0.3) is 0 Å². The first kappa shape index (κ1) is 17.1. The summed E-state index contributed by atoms with van der Waals surface area (Å²) in [6.45, 7) is 7.59. The molecule has 114 valence electrons. The molecular weight excluding hydrogens is 257 g/mol. The van der Waals surface area contributed by atoms with Gasteiger partial charge in [0.15, 0.2) is 0 Å². The van der Waals surface area contributed by atoms with Crippen molar-refractivity contribution >= 4 is 0 Å². The molecule has 0 radical (unpaired) electrons. The van der Waals surface area contributed by atoms with Crippen LogP contribution in [0.5, 0.6) is 0 Å². The van der Waals surface area contributed by atoms with Crippen LogP contribution >= 0.6 is 0 Å². The van der Waals surface area contributed by atoms with Crippen LogP contribution in [0.2, 0.25) is 0 Å². The monoisotopic (exact) mass is 283 g/mol. The fourth-order valence-corrected chi connectivity index (χ4v) is 1.85. The molecule has 20 heavy (non-hydrogen) atoms. The van der Waals surface area contributed by atoms with Crippen molar-refractivity contribution in [3.63, 3.8) is 0 Å². The molecule has 0 saturated heterocycles. The normalized spacial score (nSPS) is 12.6. The van der Waals surface area contributed by atoms with Crippen LogP contribution < -0.4 is 5.32 Å². The predicted octanol–water partition coefficient (Wildman–Crippen LogP) is 3.31. The zero-order chi connectivity index (χ0) is 14.6. The van der Waals surface area contributed by atoms with Crippen molar-refractivity contribution in [1.82, 2.24) is 5.32 Å². The van der Waals surface area contributed by atoms with E-state index in [-0.39, 0.29) is 11.9 Å². The maximum Gasteiger partial charge on any atom is 0.123 e. The van der Waals surface area contributed by atoms with E-state index in [9.17, 15) is 4.39 Å². The summed E-state index contributed by atoms with van der Waals surface area (Å²) in [5.74, 6) is -0.230. The molecule has 4 heteroatoms. The van der Waals surface area contributed by atoms with E-state index < -0.39 is 0 Å². The van der Waals surface area contributed by atoms with Gasteiger partial charge in [0.2, 0.25) is 0 Å². The van der Waals surface area contributed by atoms with Crippen molar-refractivity contribution in [2.24, 2.45) is 0 Å². The minimum absolute atomic E-state index is 0.138. The molecule has 0 aliphatic heterocycles. The molecule has 1 aromatic carbocycles. The second-order valence-electron chi connectivity index (χ2n) is 4.69. The zero-order valence-electron chi connectivity index (χ0n) is 12.5. The van der Waals surface area contributed by atoms with Crippen molar-refractivity contribution in [2.45, 2.75) is 32.8 Å². The van der Waals surface area contributed by atoms with E-state index in [0.717, 1.165) is 31.6 Å². The highest BCUT2D eigenvalue weighted by atomic mass is 19.1. The highest BCUT2D eigenvalue weighted by Gasteiger charge is 2.12. The molecule has 0 amide bonds. The van der Waals surface area contributed by atoms with Crippen molar-refractivity contribution in [3.8, 4) is 0 Å². The Morgan fingerprint density at radius 3 is 2.75 bits per heavy atom. The lowest BCUT2D eigenvalue weighted by molar-refractivity contribution is 0.00369. The first-order chi connectivity index (χ1) is 9.77. The van der Waals surface area contributed by atoms with E-state index in [4.69, 9.17) is 9.47 Å². The lowest BCUT2D eigenvalue weighted by atomic mass is 10.1. The molecule has 0 aromatic heterocycles. The number of ether oxygens (including phenoxy) is 2. The number of halogens is 1. The summed E-state index contributed by atoms with van der Waals surface area (Å²) < 4.78 is 24.6. The van der Waals surface area contributed by atoms with E-state index in [0.29, 0.717) is 19.8 Å². The van der Waals surface area contributed by atoms with Crippen LogP contribution in [0.15, 0.2) is 24.3 Å². The van der Waals surface area contributed by atoms with Crippen molar-refractivity contribution < 1.29 is 13.9 Å². The van der Waals surface area contributed by atoms with Crippen LogP contribution in [0, 0.1) is 5.82 Å². The lowest BCUT2D eigenvalue weighted by Crippen LogP contribution is -2.24. The molecule has 1 unspecified atom stereocenters. The fourth-order valence-electron chi connectivity index (χ4n) is 1.85. The zero-order valence-corrected chi connectivity index (χ0v) is 12.5. The van der Waals surface area contributed by atoms with Gasteiger partial charge in [-0.15, -0.1) is 0 Å². The Kier molecular flexibility index (Phi) is 9.20. The minimum Gasteiger partial charge on any atom is -0.379 e. The Morgan fingerprint density at radius 1 is 1.20 bits per heavy atom. The van der Waals surface area contributed by atoms with E-state index in [1.165, 1.54) is 12.1 Å². The van der Waals surface area contributed by atoms with Gasteiger partial charge in [0.05, 0.1) is 19.3 Å². The van der Waals surface area contributed by atoms with Gasteiger partial charge in [0, 0.05) is 13.2 Å². The highest BCUT2D eigenvalue weighted by molar-refractivity contribution is 5.19. The molecule has 1 rings (SSSR count). The Bertz CT molecular complexity index is 360. The van der Waals surface area contributed by atoms with Crippen LogP contribution in [-0.4, -0.2) is 32.9 Å². The second-order valence-corrected chi connectivity index (χ2v) is 4.69. The molecule has 0 heterocycles. The standard InChI is InChI=1S/C16H26FNO2/c1-3-5-9-19-10-11-20-16(13-18-4-2)14-7-6-8-15(17)12-14/h6-8,12,16,18H,3-5,9-11,13H2,1-2H3. The topological polar surface area (TPSA) is 30.5 Å². The average molecular weight is 283 g/mol. The number of nitrogens with one attached hydrogen (secondary N) is 1. The summed E-state index contributed by atoms with van der Waals surface area (Å²) in [4.78, 5) is 0. The number of rotatable bonds is 11. The van der Waals surface area contributed by atoms with E-state index in [1.54, 1.807) is 6.07 Å². The molecule has 1 N–H and O–H groups in total. The van der Waals surface area contributed by atoms with Gasteiger partial charge in [-0.3, -0.25) is 0 Å². The van der Waals surface area contributed by atoms with Gasteiger partial charge < -0.3 is 14.8 Å². The van der Waals surface area contributed by atoms with Gasteiger partial charge in [0.25, 0.3) is 0 Å². The van der Waals surface area contributed by atoms with Gasteiger partial charge in [-0.05, 0) is 30.7 Å². The Hall–Kier alpha value is -0.970. The van der Waals surface area contributed by atoms with E-state index in [1.807, 2.05) is 13.0 Å². The molecule has 0 fully saturated rings. The Balaban J connectivity index is 2.40. The summed E-state index contributed by atoms with van der Waals surface area (Å²) >= 11 is 0. The minimum atomic E-state index is -0.230. The fraction of sp³-hybridized carbons (Fsp3) is 0.625. The molecule has 0 aliphatic rings. The maximum absolute atomic E-state index is 13.3. The molecule has 0 bridgehead atoms. The SMILES string of the molecule is CCCCOCCOC(CNCC)c1cccc(F)c1. The van der Waals surface area contributed by atoms with Crippen LogP contribution in [0.4, 0.5) is 4.39 Å². The largest absolute Gasteiger partial charge is 0.379 e. The van der Waals surface area contributed by atoms with Gasteiger partial charge in [0.1, 0.15) is 5.82 Å². The van der Waals surface area contributed by atoms with Gasteiger partial charge >= 0.3 is 0 Å². The van der Waals surface area contributed by atoms with Crippen LogP contribution in [0.1, 0.15) is 38.4 Å². The molecular formula is C16H26FNO2. The first-order valence-corrected chi connectivity index (χ1v) is 7.43. The van der Waals surface area contributed by atoms with Gasteiger partial charge in [-0.2, -0.15) is 0 Å². The average Bonchev–Trinajstić information content (AvgIpc) is 2.45. The number of benzene rings is 1. The van der Waals surface area contributed by atoms with E-state index in [2.05, 4.69) is 12.2 Å². The summed E-state index contributed by atoms with van der Waals surface area (Å²) in [7, 11) is 0. The molecule has 1 atom stereocenters.